The molecule has 0 bridgehead atoms. The van der Waals surface area contributed by atoms with Gasteiger partial charge in [-0.1, -0.05) is 6.07 Å². The normalized spacial score (nSPS) is 20.1. The van der Waals surface area contributed by atoms with Crippen molar-refractivity contribution in [2.75, 3.05) is 20.8 Å². The number of rotatable bonds is 7. The van der Waals surface area contributed by atoms with Gasteiger partial charge in [0.25, 0.3) is 0 Å². The van der Waals surface area contributed by atoms with Gasteiger partial charge in [0.05, 0.1) is 20.1 Å². The van der Waals surface area contributed by atoms with Crippen LogP contribution in [-0.4, -0.2) is 37.7 Å². The second-order valence-electron chi connectivity index (χ2n) is 5.76. The van der Waals surface area contributed by atoms with Crippen molar-refractivity contribution in [3.05, 3.63) is 23.8 Å². The Morgan fingerprint density at radius 3 is 2.57 bits per heavy atom. The summed E-state index contributed by atoms with van der Waals surface area (Å²) in [7, 11) is 3.20. The molecule has 1 amide bonds. The van der Waals surface area contributed by atoms with Crippen LogP contribution in [0.1, 0.15) is 24.8 Å². The molecule has 1 aromatic carbocycles. The third-order valence-electron chi connectivity index (χ3n) is 4.34. The minimum absolute atomic E-state index is 0.0544. The van der Waals surface area contributed by atoms with Crippen LogP contribution in [0, 0.1) is 11.8 Å². The maximum atomic E-state index is 12.1. The predicted octanol–water partition coefficient (Wildman–Crippen LogP) is 1.86. The standard InChI is InChI=1S/C17H23NO5/c1-22-14-6-5-11(15(10-14)23-2)7-8-18-16(19)12-3-4-13(9-12)17(20)21/h5-6,10,12-13H,3-4,7-9H2,1-2H3,(H,18,19)(H,20,21)/t12-,13+/m1/s1. The number of benzene rings is 1. The maximum absolute atomic E-state index is 12.1. The van der Waals surface area contributed by atoms with Gasteiger partial charge in [-0.05, 0) is 37.3 Å². The van der Waals surface area contributed by atoms with Gasteiger partial charge in [-0.15, -0.1) is 0 Å². The maximum Gasteiger partial charge on any atom is 0.306 e. The molecule has 2 N–H and O–H groups in total. The molecule has 1 aromatic rings. The van der Waals surface area contributed by atoms with Crippen LogP contribution in [0.5, 0.6) is 11.5 Å². The molecular weight excluding hydrogens is 298 g/mol. The van der Waals surface area contributed by atoms with Crippen molar-refractivity contribution < 1.29 is 24.2 Å². The average molecular weight is 321 g/mol. The zero-order chi connectivity index (χ0) is 16.8. The smallest absolute Gasteiger partial charge is 0.306 e. The molecule has 126 valence electrons. The van der Waals surface area contributed by atoms with Gasteiger partial charge in [-0.3, -0.25) is 9.59 Å². The molecule has 2 atom stereocenters. The number of amides is 1. The van der Waals surface area contributed by atoms with Crippen LogP contribution < -0.4 is 14.8 Å². The van der Waals surface area contributed by atoms with Crippen molar-refractivity contribution in [2.45, 2.75) is 25.7 Å². The molecule has 1 aliphatic rings. The first-order valence-corrected chi connectivity index (χ1v) is 7.76. The second-order valence-corrected chi connectivity index (χ2v) is 5.76. The van der Waals surface area contributed by atoms with Gasteiger partial charge >= 0.3 is 5.97 Å². The zero-order valence-corrected chi connectivity index (χ0v) is 13.5. The van der Waals surface area contributed by atoms with Gasteiger partial charge in [0.1, 0.15) is 11.5 Å². The number of carboxylic acids is 1. The fourth-order valence-corrected chi connectivity index (χ4v) is 2.97. The highest BCUT2D eigenvalue weighted by Gasteiger charge is 2.33. The molecule has 1 saturated carbocycles. The largest absolute Gasteiger partial charge is 0.497 e. The number of carboxylic acid groups (broad SMARTS) is 1. The number of nitrogens with one attached hydrogen (secondary N) is 1. The van der Waals surface area contributed by atoms with Crippen LogP contribution in [0.15, 0.2) is 18.2 Å². The lowest BCUT2D eigenvalue weighted by Crippen LogP contribution is -2.31. The van der Waals surface area contributed by atoms with Crippen molar-refractivity contribution in [3.8, 4) is 11.5 Å². The molecule has 2 rings (SSSR count). The fraction of sp³-hybridized carbons (Fsp3) is 0.529. The minimum atomic E-state index is -0.803. The summed E-state index contributed by atoms with van der Waals surface area (Å²) in [5, 5.41) is 11.9. The van der Waals surface area contributed by atoms with E-state index in [-0.39, 0.29) is 17.7 Å². The Morgan fingerprint density at radius 2 is 1.96 bits per heavy atom. The van der Waals surface area contributed by atoms with Crippen molar-refractivity contribution in [3.63, 3.8) is 0 Å². The van der Waals surface area contributed by atoms with Gasteiger partial charge in [0.15, 0.2) is 0 Å². The fourth-order valence-electron chi connectivity index (χ4n) is 2.97. The van der Waals surface area contributed by atoms with Crippen molar-refractivity contribution in [1.29, 1.82) is 0 Å². The highest BCUT2D eigenvalue weighted by molar-refractivity contribution is 5.80. The molecule has 0 saturated heterocycles. The highest BCUT2D eigenvalue weighted by Crippen LogP contribution is 2.31. The quantitative estimate of drug-likeness (QED) is 0.801. The molecule has 1 fully saturated rings. The molecule has 6 nitrogen and oxygen atoms in total. The number of carbonyl (C=O) groups is 2. The summed E-state index contributed by atoms with van der Waals surface area (Å²) in [5.74, 6) is 0.0245. The van der Waals surface area contributed by atoms with E-state index in [9.17, 15) is 9.59 Å². The first kappa shape index (κ1) is 17.1. The van der Waals surface area contributed by atoms with Crippen LogP contribution in [0.25, 0.3) is 0 Å². The van der Waals surface area contributed by atoms with Crippen molar-refractivity contribution in [1.82, 2.24) is 5.32 Å². The molecule has 0 aliphatic heterocycles. The Morgan fingerprint density at radius 1 is 1.22 bits per heavy atom. The third-order valence-corrected chi connectivity index (χ3v) is 4.34. The molecule has 0 aromatic heterocycles. The van der Waals surface area contributed by atoms with Crippen LogP contribution >= 0.6 is 0 Å². The summed E-state index contributed by atoms with van der Waals surface area (Å²) in [6, 6.07) is 5.58. The Labute approximate surface area is 135 Å². The first-order chi connectivity index (χ1) is 11.0. The summed E-state index contributed by atoms with van der Waals surface area (Å²) in [6.07, 6.45) is 2.31. The van der Waals surface area contributed by atoms with Crippen LogP contribution in [0.3, 0.4) is 0 Å². The lowest BCUT2D eigenvalue weighted by atomic mass is 10.0. The topological polar surface area (TPSA) is 84.9 Å². The molecule has 0 unspecified atom stereocenters. The number of ether oxygens (including phenoxy) is 2. The average Bonchev–Trinajstić information content (AvgIpc) is 3.05. The summed E-state index contributed by atoms with van der Waals surface area (Å²) in [5.41, 5.74) is 0.989. The number of methoxy groups -OCH3 is 2. The van der Waals surface area contributed by atoms with Gasteiger partial charge in [0.2, 0.25) is 5.91 Å². The molecule has 0 radical (unpaired) electrons. The SMILES string of the molecule is COc1ccc(CCNC(=O)[C@@H]2CC[C@H](C(=O)O)C2)c(OC)c1. The van der Waals surface area contributed by atoms with Crippen LogP contribution in [0.2, 0.25) is 0 Å². The highest BCUT2D eigenvalue weighted by atomic mass is 16.5. The van der Waals surface area contributed by atoms with E-state index in [1.54, 1.807) is 14.2 Å². The predicted molar refractivity (Wildman–Crippen MR) is 84.7 cm³/mol. The molecular formula is C17H23NO5. The Bertz CT molecular complexity index is 572. The van der Waals surface area contributed by atoms with Crippen molar-refractivity contribution in [2.24, 2.45) is 11.8 Å². The van der Waals surface area contributed by atoms with E-state index in [1.807, 2.05) is 18.2 Å². The summed E-state index contributed by atoms with van der Waals surface area (Å²) < 4.78 is 10.5. The van der Waals surface area contributed by atoms with E-state index in [1.165, 1.54) is 0 Å². The monoisotopic (exact) mass is 321 g/mol. The van der Waals surface area contributed by atoms with E-state index in [4.69, 9.17) is 14.6 Å². The van der Waals surface area contributed by atoms with E-state index < -0.39 is 5.97 Å². The lowest BCUT2D eigenvalue weighted by molar-refractivity contribution is -0.141. The summed E-state index contributed by atoms with van der Waals surface area (Å²) in [6.45, 7) is 0.496. The minimum Gasteiger partial charge on any atom is -0.497 e. The summed E-state index contributed by atoms with van der Waals surface area (Å²) in [4.78, 5) is 23.0. The second kappa shape index (κ2) is 7.85. The Hall–Kier alpha value is -2.24. The summed E-state index contributed by atoms with van der Waals surface area (Å²) >= 11 is 0. The van der Waals surface area contributed by atoms with Crippen molar-refractivity contribution >= 4 is 11.9 Å². The Kier molecular flexibility index (Phi) is 5.84. The van der Waals surface area contributed by atoms with E-state index in [0.29, 0.717) is 32.2 Å². The molecule has 1 aliphatic carbocycles. The van der Waals surface area contributed by atoms with Crippen LogP contribution in [-0.2, 0) is 16.0 Å². The van der Waals surface area contributed by atoms with E-state index >= 15 is 0 Å². The molecule has 23 heavy (non-hydrogen) atoms. The molecule has 6 heteroatoms. The third kappa shape index (κ3) is 4.37. The Balaban J connectivity index is 1.83. The number of hydrogen-bond acceptors (Lipinski definition) is 4. The number of carbonyl (C=O) groups excluding carboxylic acids is 1. The number of hydrogen-bond donors (Lipinski definition) is 2. The first-order valence-electron chi connectivity index (χ1n) is 7.76. The molecule has 0 heterocycles. The van der Waals surface area contributed by atoms with Gasteiger partial charge < -0.3 is 19.9 Å². The van der Waals surface area contributed by atoms with Crippen LogP contribution in [0.4, 0.5) is 0 Å². The van der Waals surface area contributed by atoms with E-state index in [0.717, 1.165) is 17.1 Å². The zero-order valence-electron chi connectivity index (χ0n) is 13.5. The van der Waals surface area contributed by atoms with E-state index in [2.05, 4.69) is 5.32 Å². The molecule has 0 spiro atoms. The van der Waals surface area contributed by atoms with Gasteiger partial charge in [-0.2, -0.15) is 0 Å². The number of aliphatic carboxylic acids is 1. The van der Waals surface area contributed by atoms with Gasteiger partial charge in [-0.25, -0.2) is 0 Å². The van der Waals surface area contributed by atoms with Gasteiger partial charge in [0, 0.05) is 18.5 Å². The lowest BCUT2D eigenvalue weighted by Gasteiger charge is -2.13.